The molecule has 6 nitrogen and oxygen atoms in total. The maximum absolute atomic E-state index is 12.2. The Kier molecular flexibility index (Phi) is 5.65. The Bertz CT molecular complexity index is 667. The van der Waals surface area contributed by atoms with Gasteiger partial charge in [0.1, 0.15) is 5.69 Å². The van der Waals surface area contributed by atoms with E-state index in [1.807, 2.05) is 57.1 Å². The van der Waals surface area contributed by atoms with Gasteiger partial charge in [-0.3, -0.25) is 4.79 Å². The molecule has 2 rings (SSSR count). The number of hydrogen-bond acceptors (Lipinski definition) is 5. The van der Waals surface area contributed by atoms with Gasteiger partial charge in [-0.2, -0.15) is 0 Å². The van der Waals surface area contributed by atoms with Gasteiger partial charge in [0, 0.05) is 24.5 Å². The number of carbonyl (C=O) groups is 1. The lowest BCUT2D eigenvalue weighted by Crippen LogP contribution is -2.32. The summed E-state index contributed by atoms with van der Waals surface area (Å²) in [5, 5.41) is 5.99. The highest BCUT2D eigenvalue weighted by Gasteiger charge is 2.10. The number of hydrogen-bond donors (Lipinski definition) is 2. The molecule has 0 bridgehead atoms. The van der Waals surface area contributed by atoms with E-state index in [1.165, 1.54) is 5.56 Å². The van der Waals surface area contributed by atoms with E-state index < -0.39 is 0 Å². The van der Waals surface area contributed by atoms with Crippen LogP contribution in [0.5, 0.6) is 0 Å². The highest BCUT2D eigenvalue weighted by atomic mass is 16.1. The normalized spacial score (nSPS) is 10.7. The summed E-state index contributed by atoms with van der Waals surface area (Å²) >= 11 is 0. The zero-order valence-electron chi connectivity index (χ0n) is 14.1. The fourth-order valence-electron chi connectivity index (χ4n) is 1.99. The zero-order valence-corrected chi connectivity index (χ0v) is 14.1. The molecule has 122 valence electrons. The van der Waals surface area contributed by atoms with Crippen LogP contribution >= 0.6 is 0 Å². The molecule has 0 aliphatic carbocycles. The van der Waals surface area contributed by atoms with Crippen LogP contribution in [0.25, 0.3) is 0 Å². The fraction of sp³-hybridized carbons (Fsp3) is 0.353. The molecule has 2 aromatic rings. The molecule has 0 saturated heterocycles. The molecule has 2 N–H and O–H groups in total. The van der Waals surface area contributed by atoms with Gasteiger partial charge < -0.3 is 15.5 Å². The molecule has 0 fully saturated rings. The van der Waals surface area contributed by atoms with Gasteiger partial charge in [-0.1, -0.05) is 17.7 Å². The van der Waals surface area contributed by atoms with Crippen molar-refractivity contribution in [3.05, 3.63) is 47.3 Å². The molecule has 1 amide bonds. The molecule has 0 spiro atoms. The Morgan fingerprint density at radius 2 is 1.83 bits per heavy atom. The summed E-state index contributed by atoms with van der Waals surface area (Å²) in [5.74, 6) is 0.232. The molecule has 23 heavy (non-hydrogen) atoms. The average Bonchev–Trinajstić information content (AvgIpc) is 2.48. The van der Waals surface area contributed by atoms with E-state index in [1.54, 1.807) is 6.07 Å². The second-order valence-corrected chi connectivity index (χ2v) is 5.77. The first-order chi connectivity index (χ1) is 10.9. The molecule has 1 aromatic carbocycles. The van der Waals surface area contributed by atoms with Gasteiger partial charge in [0.25, 0.3) is 5.91 Å². The molecule has 1 aromatic heterocycles. The van der Waals surface area contributed by atoms with Crippen molar-refractivity contribution in [1.29, 1.82) is 0 Å². The maximum Gasteiger partial charge on any atom is 0.270 e. The Hall–Kier alpha value is -2.47. The van der Waals surface area contributed by atoms with Crippen LogP contribution in [0.15, 0.2) is 30.3 Å². The van der Waals surface area contributed by atoms with Crippen molar-refractivity contribution >= 4 is 17.5 Å². The molecule has 0 saturated carbocycles. The third-order valence-corrected chi connectivity index (χ3v) is 3.24. The lowest BCUT2D eigenvalue weighted by molar-refractivity contribution is 0.0946. The zero-order chi connectivity index (χ0) is 16.8. The summed E-state index contributed by atoms with van der Waals surface area (Å²) in [6.45, 7) is 5.24. The van der Waals surface area contributed by atoms with Crippen molar-refractivity contribution in [3.63, 3.8) is 0 Å². The van der Waals surface area contributed by atoms with E-state index in [0.29, 0.717) is 18.2 Å². The maximum atomic E-state index is 12.2. The van der Waals surface area contributed by atoms with Crippen LogP contribution in [0, 0.1) is 13.8 Å². The van der Waals surface area contributed by atoms with Crippen molar-refractivity contribution < 1.29 is 4.79 Å². The number of aryl methyl sites for hydroxylation is 2. The molecule has 0 aliphatic heterocycles. The van der Waals surface area contributed by atoms with E-state index in [9.17, 15) is 4.79 Å². The van der Waals surface area contributed by atoms with Crippen molar-refractivity contribution in [3.8, 4) is 0 Å². The summed E-state index contributed by atoms with van der Waals surface area (Å²) in [6, 6.07) is 9.61. The number of aromatic nitrogens is 2. The molecular weight excluding hydrogens is 290 g/mol. The van der Waals surface area contributed by atoms with Gasteiger partial charge in [-0.05, 0) is 46.1 Å². The first-order valence-corrected chi connectivity index (χ1v) is 7.56. The third-order valence-electron chi connectivity index (χ3n) is 3.24. The quantitative estimate of drug-likeness (QED) is 0.855. The SMILES string of the molecule is Cc1ccc(Nc2nc(C)cc(C(=O)NCCN(C)C)n2)cc1. The lowest BCUT2D eigenvalue weighted by atomic mass is 10.2. The van der Waals surface area contributed by atoms with Crippen LogP contribution in [0.2, 0.25) is 0 Å². The number of nitrogens with one attached hydrogen (secondary N) is 2. The van der Waals surface area contributed by atoms with Crippen LogP contribution < -0.4 is 10.6 Å². The first kappa shape index (κ1) is 16.9. The molecular formula is C17H23N5O. The number of rotatable bonds is 6. The van der Waals surface area contributed by atoms with Crippen LogP contribution in [0.3, 0.4) is 0 Å². The highest BCUT2D eigenvalue weighted by molar-refractivity contribution is 5.92. The largest absolute Gasteiger partial charge is 0.349 e. The van der Waals surface area contributed by atoms with Crippen molar-refractivity contribution in [1.82, 2.24) is 20.2 Å². The van der Waals surface area contributed by atoms with E-state index in [-0.39, 0.29) is 5.91 Å². The Labute approximate surface area is 137 Å². The fourth-order valence-corrected chi connectivity index (χ4v) is 1.99. The molecule has 1 heterocycles. The molecule has 0 aliphatic rings. The number of carbonyl (C=O) groups excluding carboxylic acids is 1. The second-order valence-electron chi connectivity index (χ2n) is 5.77. The van der Waals surface area contributed by atoms with Crippen LogP contribution in [0.4, 0.5) is 11.6 Å². The first-order valence-electron chi connectivity index (χ1n) is 7.56. The van der Waals surface area contributed by atoms with E-state index in [0.717, 1.165) is 17.9 Å². The highest BCUT2D eigenvalue weighted by Crippen LogP contribution is 2.14. The van der Waals surface area contributed by atoms with E-state index in [2.05, 4.69) is 20.6 Å². The summed E-state index contributed by atoms with van der Waals surface area (Å²) in [5.41, 5.74) is 3.18. The number of nitrogens with zero attached hydrogens (tertiary/aromatic N) is 3. The predicted octanol–water partition coefficient (Wildman–Crippen LogP) is 2.13. The monoisotopic (exact) mass is 313 g/mol. The molecule has 0 atom stereocenters. The van der Waals surface area contributed by atoms with Gasteiger partial charge in [-0.15, -0.1) is 0 Å². The summed E-state index contributed by atoms with van der Waals surface area (Å²) < 4.78 is 0. The van der Waals surface area contributed by atoms with Gasteiger partial charge in [0.2, 0.25) is 5.95 Å². The third kappa shape index (κ3) is 5.34. The molecule has 0 radical (unpaired) electrons. The number of amides is 1. The van der Waals surface area contributed by atoms with E-state index >= 15 is 0 Å². The minimum atomic E-state index is -0.190. The Balaban J connectivity index is 2.08. The molecule has 6 heteroatoms. The lowest BCUT2D eigenvalue weighted by Gasteiger charge is -2.11. The van der Waals surface area contributed by atoms with Crippen molar-refractivity contribution in [2.24, 2.45) is 0 Å². The molecule has 0 unspecified atom stereocenters. The smallest absolute Gasteiger partial charge is 0.270 e. The van der Waals surface area contributed by atoms with Crippen LogP contribution in [0.1, 0.15) is 21.7 Å². The Morgan fingerprint density at radius 1 is 1.13 bits per heavy atom. The minimum absolute atomic E-state index is 0.190. The number of benzene rings is 1. The number of anilines is 2. The minimum Gasteiger partial charge on any atom is -0.349 e. The standard InChI is InChI=1S/C17H23N5O/c1-12-5-7-14(8-6-12)20-17-19-13(2)11-15(21-17)16(23)18-9-10-22(3)4/h5-8,11H,9-10H2,1-4H3,(H,18,23)(H,19,20,21). The summed E-state index contributed by atoms with van der Waals surface area (Å²) in [4.78, 5) is 22.8. The average molecular weight is 313 g/mol. The topological polar surface area (TPSA) is 70.2 Å². The van der Waals surface area contributed by atoms with E-state index in [4.69, 9.17) is 0 Å². The summed E-state index contributed by atoms with van der Waals surface area (Å²) in [6.07, 6.45) is 0. The van der Waals surface area contributed by atoms with Crippen molar-refractivity contribution in [2.75, 3.05) is 32.5 Å². The van der Waals surface area contributed by atoms with Gasteiger partial charge in [0.15, 0.2) is 0 Å². The van der Waals surface area contributed by atoms with Gasteiger partial charge in [-0.25, -0.2) is 9.97 Å². The number of likely N-dealkylation sites (N-methyl/N-ethyl adjacent to an activating group) is 1. The van der Waals surface area contributed by atoms with Crippen molar-refractivity contribution in [2.45, 2.75) is 13.8 Å². The van der Waals surface area contributed by atoms with Gasteiger partial charge in [0.05, 0.1) is 0 Å². The van der Waals surface area contributed by atoms with Gasteiger partial charge >= 0.3 is 0 Å². The predicted molar refractivity (Wildman–Crippen MR) is 92.1 cm³/mol. The second kappa shape index (κ2) is 7.69. The van der Waals surface area contributed by atoms with Crippen LogP contribution in [-0.4, -0.2) is 48.0 Å². The van der Waals surface area contributed by atoms with Crippen LogP contribution in [-0.2, 0) is 0 Å². The Morgan fingerprint density at radius 3 is 2.48 bits per heavy atom. The summed E-state index contributed by atoms with van der Waals surface area (Å²) in [7, 11) is 3.93.